The molecule has 2 amide bonds. The van der Waals surface area contributed by atoms with Crippen molar-refractivity contribution in [1.29, 1.82) is 0 Å². The minimum atomic E-state index is -0.0286. The third-order valence-electron chi connectivity index (χ3n) is 5.01. The summed E-state index contributed by atoms with van der Waals surface area (Å²) in [7, 11) is 0. The van der Waals surface area contributed by atoms with E-state index < -0.39 is 0 Å². The molecule has 1 fully saturated rings. The molecule has 2 aromatic rings. The van der Waals surface area contributed by atoms with E-state index in [1.54, 1.807) is 4.68 Å². The van der Waals surface area contributed by atoms with E-state index in [2.05, 4.69) is 24.3 Å². The molecule has 1 aliphatic heterocycles. The molecule has 1 atom stereocenters. The van der Waals surface area contributed by atoms with E-state index in [4.69, 9.17) is 0 Å². The Balaban J connectivity index is 1.62. The fourth-order valence-electron chi connectivity index (χ4n) is 3.44. The molecule has 0 aliphatic carbocycles. The molecule has 0 saturated carbocycles. The number of carbonyl (C=O) groups excluding carboxylic acids is 2. The molecule has 1 saturated heterocycles. The second-order valence-electron chi connectivity index (χ2n) is 7.37. The Bertz CT molecular complexity index is 782. The number of nitrogens with zero attached hydrogens (tertiary/aromatic N) is 3. The Morgan fingerprint density at radius 1 is 1.41 bits per heavy atom. The number of likely N-dealkylation sites (tertiary alicyclic amines) is 1. The van der Waals surface area contributed by atoms with Gasteiger partial charge in [-0.3, -0.25) is 14.3 Å². The number of hydrogen-bond donors (Lipinski definition) is 1. The van der Waals surface area contributed by atoms with Crippen LogP contribution in [0.25, 0.3) is 0 Å². The van der Waals surface area contributed by atoms with Crippen molar-refractivity contribution >= 4 is 23.2 Å². The number of rotatable bonds is 6. The minimum absolute atomic E-state index is 0.0286. The predicted molar refractivity (Wildman–Crippen MR) is 107 cm³/mol. The molecule has 3 rings (SSSR count). The number of aromatic nitrogens is 2. The standard InChI is InChI=1S/C20H28N4O2S/c1-4-24-17(11-16(22-24)14(2)3)20(26)23-9-5-7-15(13-23)12-21-19(25)18-8-6-10-27-18/h6,8,10-11,14-15H,4-5,7,9,12-13H2,1-3H3,(H,21,25). The maximum Gasteiger partial charge on any atom is 0.272 e. The lowest BCUT2D eigenvalue weighted by atomic mass is 9.97. The van der Waals surface area contributed by atoms with Crippen LogP contribution in [-0.4, -0.2) is 46.1 Å². The summed E-state index contributed by atoms with van der Waals surface area (Å²) in [6, 6.07) is 5.64. The SMILES string of the molecule is CCn1nc(C(C)C)cc1C(=O)N1CCCC(CNC(=O)c2cccs2)C1. The van der Waals surface area contributed by atoms with Gasteiger partial charge in [-0.15, -0.1) is 11.3 Å². The van der Waals surface area contributed by atoms with Crippen LogP contribution in [0.4, 0.5) is 0 Å². The molecule has 0 aromatic carbocycles. The van der Waals surface area contributed by atoms with E-state index in [0.717, 1.165) is 30.0 Å². The molecule has 6 nitrogen and oxygen atoms in total. The summed E-state index contributed by atoms with van der Waals surface area (Å²) in [4.78, 5) is 27.9. The number of aryl methyl sites for hydroxylation is 1. The van der Waals surface area contributed by atoms with E-state index in [9.17, 15) is 9.59 Å². The van der Waals surface area contributed by atoms with Gasteiger partial charge in [-0.2, -0.15) is 5.10 Å². The van der Waals surface area contributed by atoms with Gasteiger partial charge in [0.25, 0.3) is 11.8 Å². The first-order valence-corrected chi connectivity index (χ1v) is 10.6. The molecule has 7 heteroatoms. The first-order chi connectivity index (χ1) is 13.0. The lowest BCUT2D eigenvalue weighted by Gasteiger charge is -2.32. The largest absolute Gasteiger partial charge is 0.351 e. The Labute approximate surface area is 164 Å². The fourth-order valence-corrected chi connectivity index (χ4v) is 4.08. The van der Waals surface area contributed by atoms with Crippen molar-refractivity contribution < 1.29 is 9.59 Å². The maximum absolute atomic E-state index is 13.1. The molecule has 27 heavy (non-hydrogen) atoms. The van der Waals surface area contributed by atoms with Crippen molar-refractivity contribution in [3.05, 3.63) is 39.8 Å². The molecule has 1 aliphatic rings. The topological polar surface area (TPSA) is 67.2 Å². The summed E-state index contributed by atoms with van der Waals surface area (Å²) < 4.78 is 1.81. The van der Waals surface area contributed by atoms with Gasteiger partial charge in [0, 0.05) is 26.2 Å². The highest BCUT2D eigenvalue weighted by Gasteiger charge is 2.27. The van der Waals surface area contributed by atoms with Gasteiger partial charge in [0.15, 0.2) is 0 Å². The Kier molecular flexibility index (Phi) is 6.31. The van der Waals surface area contributed by atoms with Gasteiger partial charge in [-0.1, -0.05) is 19.9 Å². The molecule has 1 N–H and O–H groups in total. The predicted octanol–water partition coefficient (Wildman–Crippen LogP) is 3.37. The number of carbonyl (C=O) groups is 2. The van der Waals surface area contributed by atoms with Crippen molar-refractivity contribution in [3.63, 3.8) is 0 Å². The van der Waals surface area contributed by atoms with Crippen LogP contribution in [0, 0.1) is 5.92 Å². The van der Waals surface area contributed by atoms with Crippen LogP contribution < -0.4 is 5.32 Å². The number of piperidine rings is 1. The summed E-state index contributed by atoms with van der Waals surface area (Å²) in [6.07, 6.45) is 1.99. The second-order valence-corrected chi connectivity index (χ2v) is 8.32. The summed E-state index contributed by atoms with van der Waals surface area (Å²) >= 11 is 1.44. The summed E-state index contributed by atoms with van der Waals surface area (Å²) in [5.41, 5.74) is 1.63. The van der Waals surface area contributed by atoms with E-state index in [1.807, 2.05) is 35.4 Å². The highest BCUT2D eigenvalue weighted by Crippen LogP contribution is 2.21. The van der Waals surface area contributed by atoms with Crippen molar-refractivity contribution in [1.82, 2.24) is 20.0 Å². The summed E-state index contributed by atoms with van der Waals surface area (Å²) in [6.45, 7) is 8.91. The first-order valence-electron chi connectivity index (χ1n) is 9.68. The van der Waals surface area contributed by atoms with Gasteiger partial charge in [0.1, 0.15) is 5.69 Å². The molecule has 1 unspecified atom stereocenters. The number of amides is 2. The van der Waals surface area contributed by atoms with Crippen LogP contribution in [-0.2, 0) is 6.54 Å². The zero-order valence-electron chi connectivity index (χ0n) is 16.3. The lowest BCUT2D eigenvalue weighted by molar-refractivity contribution is 0.0658. The van der Waals surface area contributed by atoms with Gasteiger partial charge >= 0.3 is 0 Å². The second kappa shape index (κ2) is 8.69. The average molecular weight is 389 g/mol. The molecule has 0 bridgehead atoms. The van der Waals surface area contributed by atoms with Crippen LogP contribution in [0.3, 0.4) is 0 Å². The zero-order valence-corrected chi connectivity index (χ0v) is 17.1. The molecule has 146 valence electrons. The van der Waals surface area contributed by atoms with Crippen LogP contribution in [0.1, 0.15) is 65.4 Å². The van der Waals surface area contributed by atoms with Gasteiger partial charge in [-0.25, -0.2) is 0 Å². The van der Waals surface area contributed by atoms with E-state index in [1.165, 1.54) is 11.3 Å². The molecular formula is C20H28N4O2S. The van der Waals surface area contributed by atoms with Crippen LogP contribution in [0.2, 0.25) is 0 Å². The molecule has 3 heterocycles. The lowest BCUT2D eigenvalue weighted by Crippen LogP contribution is -2.44. The van der Waals surface area contributed by atoms with Crippen LogP contribution in [0.5, 0.6) is 0 Å². The third-order valence-corrected chi connectivity index (χ3v) is 5.88. The average Bonchev–Trinajstić information content (AvgIpc) is 3.35. The molecule has 0 radical (unpaired) electrons. The molecule has 0 spiro atoms. The van der Waals surface area contributed by atoms with E-state index >= 15 is 0 Å². The van der Waals surface area contributed by atoms with Gasteiger partial charge in [-0.05, 0) is 49.1 Å². The Morgan fingerprint density at radius 3 is 2.89 bits per heavy atom. The van der Waals surface area contributed by atoms with Crippen molar-refractivity contribution in [2.75, 3.05) is 19.6 Å². The van der Waals surface area contributed by atoms with Gasteiger partial charge in [0.05, 0.1) is 10.6 Å². The molecule has 2 aromatic heterocycles. The van der Waals surface area contributed by atoms with Gasteiger partial charge in [0.2, 0.25) is 0 Å². The highest BCUT2D eigenvalue weighted by molar-refractivity contribution is 7.12. The number of thiophene rings is 1. The van der Waals surface area contributed by atoms with E-state index in [0.29, 0.717) is 31.2 Å². The normalized spacial score (nSPS) is 17.3. The van der Waals surface area contributed by atoms with Gasteiger partial charge < -0.3 is 10.2 Å². The zero-order chi connectivity index (χ0) is 19.4. The minimum Gasteiger partial charge on any atom is -0.351 e. The number of hydrogen-bond acceptors (Lipinski definition) is 4. The monoisotopic (exact) mass is 388 g/mol. The van der Waals surface area contributed by atoms with Crippen molar-refractivity contribution in [3.8, 4) is 0 Å². The molecular weight excluding hydrogens is 360 g/mol. The highest BCUT2D eigenvalue weighted by atomic mass is 32.1. The third kappa shape index (κ3) is 4.58. The van der Waals surface area contributed by atoms with Crippen molar-refractivity contribution in [2.45, 2.75) is 46.1 Å². The maximum atomic E-state index is 13.1. The first kappa shape index (κ1) is 19.6. The smallest absolute Gasteiger partial charge is 0.272 e. The fraction of sp³-hybridized carbons (Fsp3) is 0.550. The van der Waals surface area contributed by atoms with Crippen LogP contribution in [0.15, 0.2) is 23.6 Å². The van der Waals surface area contributed by atoms with Crippen LogP contribution >= 0.6 is 11.3 Å². The Hall–Kier alpha value is -2.15. The van der Waals surface area contributed by atoms with Crippen molar-refractivity contribution in [2.24, 2.45) is 5.92 Å². The summed E-state index contributed by atoms with van der Waals surface area (Å²) in [5.74, 6) is 0.602. The van der Waals surface area contributed by atoms with E-state index in [-0.39, 0.29) is 17.7 Å². The number of nitrogens with one attached hydrogen (secondary N) is 1. The Morgan fingerprint density at radius 2 is 2.22 bits per heavy atom. The quantitative estimate of drug-likeness (QED) is 0.825. The summed E-state index contributed by atoms with van der Waals surface area (Å²) in [5, 5.41) is 9.48.